The zero-order chi connectivity index (χ0) is 17.5. The van der Waals surface area contributed by atoms with Crippen molar-refractivity contribution in [2.45, 2.75) is 6.04 Å². The summed E-state index contributed by atoms with van der Waals surface area (Å²) < 4.78 is 0. The number of hydrogen-bond donors (Lipinski definition) is 2. The van der Waals surface area contributed by atoms with E-state index < -0.39 is 11.9 Å². The lowest BCUT2D eigenvalue weighted by molar-refractivity contribution is -0.118. The van der Waals surface area contributed by atoms with E-state index in [1.807, 2.05) is 48.5 Å². The van der Waals surface area contributed by atoms with Crippen molar-refractivity contribution in [3.05, 3.63) is 90.4 Å². The van der Waals surface area contributed by atoms with Crippen LogP contribution in [0.5, 0.6) is 0 Å². The topological polar surface area (TPSA) is 93.3 Å². The normalized spacial score (nSPS) is 12.4. The number of nitrogens with one attached hydrogen (secondary N) is 1. The molecule has 0 aliphatic rings. The predicted molar refractivity (Wildman–Crippen MR) is 97.0 cm³/mol. The summed E-state index contributed by atoms with van der Waals surface area (Å²) in [6, 6.07) is 17.8. The molecule has 0 saturated heterocycles. The maximum Gasteiger partial charge on any atom is 0.274 e. The minimum atomic E-state index is -0.708. The van der Waals surface area contributed by atoms with E-state index in [2.05, 4.69) is 20.3 Å². The zero-order valence-corrected chi connectivity index (χ0v) is 13.4. The molecule has 0 radical (unpaired) electrons. The Morgan fingerprint density at radius 2 is 1.68 bits per heavy atom. The number of benzene rings is 2. The molecule has 0 aliphatic heterocycles. The molecule has 25 heavy (non-hydrogen) atoms. The highest BCUT2D eigenvalue weighted by atomic mass is 16.1. The Labute approximate surface area is 145 Å². The smallest absolute Gasteiger partial charge is 0.274 e. The summed E-state index contributed by atoms with van der Waals surface area (Å²) in [7, 11) is 0. The fourth-order valence-electron chi connectivity index (χ4n) is 2.31. The summed E-state index contributed by atoms with van der Waals surface area (Å²) in [5.74, 6) is 0.254. The van der Waals surface area contributed by atoms with Crippen LogP contribution in [0.15, 0.2) is 84.2 Å². The van der Waals surface area contributed by atoms with Crippen LogP contribution >= 0.6 is 0 Å². The molecule has 0 fully saturated rings. The maximum absolute atomic E-state index is 12.8. The highest BCUT2D eigenvalue weighted by Gasteiger charge is 2.21. The molecule has 1 aromatic heterocycles. The number of hydrogen-bond acceptors (Lipinski definition) is 4. The van der Waals surface area contributed by atoms with Crippen molar-refractivity contribution in [3.63, 3.8) is 0 Å². The fourth-order valence-corrected chi connectivity index (χ4v) is 2.31. The van der Waals surface area contributed by atoms with E-state index in [4.69, 9.17) is 5.73 Å². The standard InChI is InChI=1S/C19H17N5O/c20-18(15-9-5-2-6-10-15)24-19(25)17(14-7-3-1-4-8-14)23-16-13-21-11-12-22-16/h1-13,17H,(H,22,23)(H2,20,24,25). The van der Waals surface area contributed by atoms with Crippen molar-refractivity contribution in [3.8, 4) is 0 Å². The number of rotatable bonds is 5. The van der Waals surface area contributed by atoms with Crippen LogP contribution in [0, 0.1) is 0 Å². The van der Waals surface area contributed by atoms with Gasteiger partial charge >= 0.3 is 0 Å². The summed E-state index contributed by atoms with van der Waals surface area (Å²) in [4.78, 5) is 25.0. The second-order valence-electron chi connectivity index (χ2n) is 5.28. The summed E-state index contributed by atoms with van der Waals surface area (Å²) in [6.07, 6.45) is 4.67. The highest BCUT2D eigenvalue weighted by molar-refractivity contribution is 6.05. The zero-order valence-electron chi connectivity index (χ0n) is 13.4. The van der Waals surface area contributed by atoms with Gasteiger partial charge in [0.1, 0.15) is 17.7 Å². The van der Waals surface area contributed by atoms with Crippen LogP contribution in [-0.2, 0) is 4.79 Å². The van der Waals surface area contributed by atoms with Crippen LogP contribution in [0.25, 0.3) is 0 Å². The fraction of sp³-hybridized carbons (Fsp3) is 0.0526. The van der Waals surface area contributed by atoms with E-state index >= 15 is 0 Å². The van der Waals surface area contributed by atoms with Crippen LogP contribution in [-0.4, -0.2) is 21.7 Å². The third-order valence-corrected chi connectivity index (χ3v) is 3.54. The molecule has 6 heteroatoms. The lowest BCUT2D eigenvalue weighted by Gasteiger charge is -2.16. The molecule has 1 atom stereocenters. The molecular formula is C19H17N5O. The molecular weight excluding hydrogens is 314 g/mol. The molecule has 3 aromatic rings. The van der Waals surface area contributed by atoms with Gasteiger partial charge in [0.25, 0.3) is 5.91 Å². The molecule has 1 unspecified atom stereocenters. The number of nitrogens with two attached hydrogens (primary N) is 1. The van der Waals surface area contributed by atoms with Crippen LogP contribution in [0.1, 0.15) is 17.2 Å². The molecule has 2 aromatic carbocycles. The number of aromatic nitrogens is 2. The van der Waals surface area contributed by atoms with Crippen LogP contribution < -0.4 is 11.1 Å². The van der Waals surface area contributed by atoms with Gasteiger partial charge in [-0.25, -0.2) is 4.98 Å². The van der Waals surface area contributed by atoms with Crippen molar-refractivity contribution < 1.29 is 4.79 Å². The van der Waals surface area contributed by atoms with Crippen molar-refractivity contribution in [2.75, 3.05) is 5.32 Å². The van der Waals surface area contributed by atoms with Crippen molar-refractivity contribution in [2.24, 2.45) is 10.7 Å². The molecule has 0 saturated carbocycles. The monoisotopic (exact) mass is 331 g/mol. The Bertz CT molecular complexity index is 851. The third kappa shape index (κ3) is 4.26. The average molecular weight is 331 g/mol. The number of carbonyl (C=O) groups is 1. The Kier molecular flexibility index (Phi) is 5.11. The summed E-state index contributed by atoms with van der Waals surface area (Å²) >= 11 is 0. The number of amides is 1. The van der Waals surface area contributed by atoms with Gasteiger partial charge in [-0.05, 0) is 5.56 Å². The first-order chi connectivity index (χ1) is 12.2. The van der Waals surface area contributed by atoms with Gasteiger partial charge in [-0.2, -0.15) is 4.99 Å². The second kappa shape index (κ2) is 7.83. The van der Waals surface area contributed by atoms with Gasteiger partial charge in [0.2, 0.25) is 0 Å². The molecule has 6 nitrogen and oxygen atoms in total. The highest BCUT2D eigenvalue weighted by Crippen LogP contribution is 2.19. The maximum atomic E-state index is 12.8. The van der Waals surface area contributed by atoms with Gasteiger partial charge < -0.3 is 11.1 Å². The summed E-state index contributed by atoms with van der Waals surface area (Å²) in [5.41, 5.74) is 7.44. The van der Waals surface area contributed by atoms with Crippen LogP contribution in [0.4, 0.5) is 5.82 Å². The molecule has 1 amide bonds. The SMILES string of the molecule is NC(=NC(=O)C(Nc1cnccn1)c1ccccc1)c1ccccc1. The third-order valence-electron chi connectivity index (χ3n) is 3.54. The van der Waals surface area contributed by atoms with Gasteiger partial charge in [0.05, 0.1) is 6.20 Å². The van der Waals surface area contributed by atoms with Crippen molar-refractivity contribution >= 4 is 17.6 Å². The number of aliphatic imine (C=N–C) groups is 1. The number of nitrogens with zero attached hydrogens (tertiary/aromatic N) is 3. The molecule has 124 valence electrons. The van der Waals surface area contributed by atoms with E-state index in [1.54, 1.807) is 30.7 Å². The Hall–Kier alpha value is -3.54. The van der Waals surface area contributed by atoms with E-state index in [-0.39, 0.29) is 5.84 Å². The van der Waals surface area contributed by atoms with E-state index in [1.165, 1.54) is 0 Å². The molecule has 0 bridgehead atoms. The van der Waals surface area contributed by atoms with Gasteiger partial charge in [0.15, 0.2) is 0 Å². The number of amidine groups is 1. The minimum absolute atomic E-state index is 0.174. The number of carbonyl (C=O) groups excluding carboxylic acids is 1. The van der Waals surface area contributed by atoms with E-state index in [0.29, 0.717) is 11.4 Å². The molecule has 0 aliphatic carbocycles. The first kappa shape index (κ1) is 16.3. The first-order valence-electron chi connectivity index (χ1n) is 7.75. The molecule has 0 spiro atoms. The lowest BCUT2D eigenvalue weighted by Crippen LogP contribution is -2.24. The Balaban J connectivity index is 1.90. The second-order valence-corrected chi connectivity index (χ2v) is 5.28. The van der Waals surface area contributed by atoms with Crippen molar-refractivity contribution in [1.29, 1.82) is 0 Å². The largest absolute Gasteiger partial charge is 0.383 e. The van der Waals surface area contributed by atoms with Gasteiger partial charge in [-0.15, -0.1) is 0 Å². The van der Waals surface area contributed by atoms with Gasteiger partial charge in [-0.1, -0.05) is 60.7 Å². The van der Waals surface area contributed by atoms with Gasteiger partial charge in [-0.3, -0.25) is 9.78 Å². The predicted octanol–water partition coefficient (Wildman–Crippen LogP) is 2.56. The quantitative estimate of drug-likeness (QED) is 0.553. The van der Waals surface area contributed by atoms with E-state index in [0.717, 1.165) is 5.56 Å². The minimum Gasteiger partial charge on any atom is -0.383 e. The first-order valence-corrected chi connectivity index (χ1v) is 7.75. The molecule has 3 rings (SSSR count). The van der Waals surface area contributed by atoms with Gasteiger partial charge in [0, 0.05) is 18.0 Å². The summed E-state index contributed by atoms with van der Waals surface area (Å²) in [5, 5.41) is 3.07. The van der Waals surface area contributed by atoms with Crippen molar-refractivity contribution in [1.82, 2.24) is 9.97 Å². The van der Waals surface area contributed by atoms with Crippen LogP contribution in [0.3, 0.4) is 0 Å². The van der Waals surface area contributed by atoms with Crippen LogP contribution in [0.2, 0.25) is 0 Å². The van der Waals surface area contributed by atoms with E-state index in [9.17, 15) is 4.79 Å². The Morgan fingerprint density at radius 3 is 2.32 bits per heavy atom. The lowest BCUT2D eigenvalue weighted by atomic mass is 10.1. The average Bonchev–Trinajstić information content (AvgIpc) is 2.68. The molecule has 3 N–H and O–H groups in total. The molecule has 1 heterocycles. The summed E-state index contributed by atoms with van der Waals surface area (Å²) in [6.45, 7) is 0. The number of anilines is 1. The Morgan fingerprint density at radius 1 is 1.00 bits per heavy atom.